The molecule has 0 aromatic rings. The van der Waals surface area contributed by atoms with Crippen LogP contribution in [0.15, 0.2) is 44.2 Å². The molecule has 0 fully saturated rings. The molecule has 0 aliphatic heterocycles. The van der Waals surface area contributed by atoms with Crippen molar-refractivity contribution in [3.8, 4) is 0 Å². The van der Waals surface area contributed by atoms with Gasteiger partial charge < -0.3 is 17.3 Å². The molecule has 0 bridgehead atoms. The molecule has 2 aliphatic carbocycles. The summed E-state index contributed by atoms with van der Waals surface area (Å²) >= 11 is -0.981. The van der Waals surface area contributed by atoms with Gasteiger partial charge in [-0.05, 0) is 0 Å². The summed E-state index contributed by atoms with van der Waals surface area (Å²) in [6, 6.07) is 0. The van der Waals surface area contributed by atoms with Gasteiger partial charge in [0.25, 0.3) is 0 Å². The fourth-order valence-corrected chi connectivity index (χ4v) is 4.71. The Morgan fingerprint density at radius 2 is 1.29 bits per heavy atom. The van der Waals surface area contributed by atoms with Crippen LogP contribution in [-0.2, 0) is 17.9 Å². The van der Waals surface area contributed by atoms with Crippen LogP contribution in [0.2, 0.25) is 5.23 Å². The molecule has 0 heterocycles. The zero-order chi connectivity index (χ0) is 12.9. The first kappa shape index (κ1) is 14.5. The summed E-state index contributed by atoms with van der Waals surface area (Å²) in [6.45, 7) is 0. The van der Waals surface area contributed by atoms with E-state index in [9.17, 15) is 17.3 Å². The van der Waals surface area contributed by atoms with E-state index in [1.165, 1.54) is 12.8 Å². The minimum absolute atomic E-state index is 0.981. The van der Waals surface area contributed by atoms with Crippen molar-refractivity contribution in [3.63, 3.8) is 0 Å². The topological polar surface area (TPSA) is 0 Å². The van der Waals surface area contributed by atoms with Crippen LogP contribution in [0.4, 0.5) is 17.3 Å². The molecule has 17 heavy (non-hydrogen) atoms. The third-order valence-electron chi connectivity index (χ3n) is 2.51. The number of allylic oxidation sites excluding steroid dienone is 8. The van der Waals surface area contributed by atoms with Gasteiger partial charge in [-0.1, -0.05) is 0 Å². The summed E-state index contributed by atoms with van der Waals surface area (Å²) in [5, 5.41) is 2.47. The van der Waals surface area contributed by atoms with E-state index in [1.54, 1.807) is 7.76 Å². The van der Waals surface area contributed by atoms with Crippen LogP contribution in [0, 0.1) is 0 Å². The average Bonchev–Trinajstić information content (AvgIpc) is 2.88. The predicted octanol–water partition coefficient (Wildman–Crippen LogP) is 4.64. The van der Waals surface area contributed by atoms with Gasteiger partial charge in [-0.25, -0.2) is 0 Å². The molecule has 92 valence electrons. The van der Waals surface area contributed by atoms with Crippen LogP contribution in [0.5, 0.6) is 0 Å². The number of hydrogen-bond donors (Lipinski definition) is 0. The Kier molecular flexibility index (Phi) is 5.47. The second-order valence-electron chi connectivity index (χ2n) is 3.77. The number of halogens is 4. The van der Waals surface area contributed by atoms with Gasteiger partial charge in [0.15, 0.2) is 0 Å². The Hall–Kier alpha value is -0.541. The van der Waals surface area contributed by atoms with Gasteiger partial charge in [0, 0.05) is 0 Å². The Labute approximate surface area is 105 Å². The predicted molar refractivity (Wildman–Crippen MR) is 59.7 cm³/mol. The van der Waals surface area contributed by atoms with Crippen LogP contribution < -0.4 is 0 Å². The summed E-state index contributed by atoms with van der Waals surface area (Å²) < 4.78 is 42.5. The van der Waals surface area contributed by atoms with Crippen molar-refractivity contribution in [1.29, 1.82) is 0 Å². The first-order chi connectivity index (χ1) is 7.88. The molecule has 0 saturated heterocycles. The van der Waals surface area contributed by atoms with Gasteiger partial charge in [0.05, 0.1) is 0 Å². The van der Waals surface area contributed by atoms with Crippen molar-refractivity contribution in [2.45, 2.75) is 18.1 Å². The van der Waals surface area contributed by atoms with E-state index >= 15 is 0 Å². The van der Waals surface area contributed by atoms with E-state index in [-0.39, 0.29) is 0 Å². The summed E-state index contributed by atoms with van der Waals surface area (Å²) in [5.74, 6) is 0. The fraction of sp³-hybridized carbons (Fsp3) is 0.273. The minimum atomic E-state index is -6.00. The van der Waals surface area contributed by atoms with E-state index in [0.717, 1.165) is 0 Å². The van der Waals surface area contributed by atoms with Crippen LogP contribution >= 0.6 is 0 Å². The summed E-state index contributed by atoms with van der Waals surface area (Å²) in [7, 11) is -6.00. The average molecular weight is 280 g/mol. The summed E-state index contributed by atoms with van der Waals surface area (Å²) in [5.41, 5.74) is 0. The van der Waals surface area contributed by atoms with Gasteiger partial charge in [-0.15, -0.1) is 0 Å². The van der Waals surface area contributed by atoms with Crippen LogP contribution in [0.25, 0.3) is 0 Å². The summed E-state index contributed by atoms with van der Waals surface area (Å²) in [6.07, 6.45) is 16.1. The van der Waals surface area contributed by atoms with Gasteiger partial charge in [-0.2, -0.15) is 0 Å². The molecule has 0 atom stereocenters. The van der Waals surface area contributed by atoms with Crippen molar-refractivity contribution in [2.24, 2.45) is 0 Å². The first-order valence-corrected chi connectivity index (χ1v) is 8.43. The molecule has 0 amide bonds. The van der Waals surface area contributed by atoms with Gasteiger partial charge in [0.2, 0.25) is 0 Å². The van der Waals surface area contributed by atoms with E-state index in [4.69, 9.17) is 0 Å². The van der Waals surface area contributed by atoms with Gasteiger partial charge in [-0.3, -0.25) is 0 Å². The third kappa shape index (κ3) is 6.08. The fourth-order valence-electron chi connectivity index (χ4n) is 1.66. The first-order valence-electron chi connectivity index (χ1n) is 5.31. The molecule has 0 unspecified atom stereocenters. The monoisotopic (exact) mass is 280 g/mol. The second kappa shape index (κ2) is 6.41. The Balaban J connectivity index is 0.000000249. The SMILES string of the molecule is F[B-](F)(F)F.[CH3][Ti+]([C]1=CC=CC1)[C]1=CC=CC1. The molecule has 0 N–H and O–H groups in total. The van der Waals surface area contributed by atoms with Crippen molar-refractivity contribution >= 4 is 7.25 Å². The molecule has 2 aliphatic rings. The molecule has 6 heteroatoms. The van der Waals surface area contributed by atoms with E-state index in [2.05, 4.69) is 41.7 Å². The number of hydrogen-bond acceptors (Lipinski definition) is 0. The standard InChI is InChI=1S/2C5H5.CH3.BF4.Ti/c2*1-2-4-5-3-1;;2-1(3,4)5;/h2*1-3H,4H2;1H3;;/q;;;-1;+1. The zero-order valence-corrected chi connectivity index (χ0v) is 11.0. The van der Waals surface area contributed by atoms with Crippen LogP contribution in [0.3, 0.4) is 0 Å². The molecular weight excluding hydrogens is 267 g/mol. The maximum atomic E-state index is 9.75. The van der Waals surface area contributed by atoms with Crippen LogP contribution in [0.1, 0.15) is 12.8 Å². The Bertz CT molecular complexity index is 343. The van der Waals surface area contributed by atoms with Gasteiger partial charge in [0.1, 0.15) is 0 Å². The third-order valence-corrected chi connectivity index (χ3v) is 6.67. The normalized spacial score (nSPS) is 17.5. The van der Waals surface area contributed by atoms with E-state index in [1.807, 2.05) is 0 Å². The maximum absolute atomic E-state index is 9.75. The molecule has 0 spiro atoms. The molecule has 0 saturated carbocycles. The number of rotatable bonds is 2. The molecule has 0 radical (unpaired) electrons. The summed E-state index contributed by atoms with van der Waals surface area (Å²) in [4.78, 5) is 0. The molecule has 0 aromatic heterocycles. The van der Waals surface area contributed by atoms with Crippen molar-refractivity contribution in [3.05, 3.63) is 44.2 Å². The van der Waals surface area contributed by atoms with E-state index in [0.29, 0.717) is 0 Å². The van der Waals surface area contributed by atoms with Gasteiger partial charge >= 0.3 is 87.4 Å². The second-order valence-corrected chi connectivity index (χ2v) is 7.73. The Morgan fingerprint density at radius 1 is 0.941 bits per heavy atom. The Morgan fingerprint density at radius 3 is 1.53 bits per heavy atom. The van der Waals surface area contributed by atoms with Crippen molar-refractivity contribution in [2.75, 3.05) is 0 Å². The van der Waals surface area contributed by atoms with Crippen LogP contribution in [-0.4, -0.2) is 7.25 Å². The molecular formula is C11H13BF4Ti. The van der Waals surface area contributed by atoms with Crippen molar-refractivity contribution in [1.82, 2.24) is 0 Å². The quantitative estimate of drug-likeness (QED) is 0.510. The van der Waals surface area contributed by atoms with E-state index < -0.39 is 25.1 Å². The van der Waals surface area contributed by atoms with Crippen molar-refractivity contribution < 1.29 is 35.1 Å². The zero-order valence-electron chi connectivity index (χ0n) is 9.47. The molecule has 0 aromatic carbocycles. The molecule has 2 rings (SSSR count). The molecule has 0 nitrogen and oxygen atoms in total.